The van der Waals surface area contributed by atoms with Gasteiger partial charge in [-0.25, -0.2) is 4.98 Å². The Morgan fingerprint density at radius 1 is 1.61 bits per heavy atom. The summed E-state index contributed by atoms with van der Waals surface area (Å²) in [5, 5.41) is 9.61. The maximum absolute atomic E-state index is 12.1. The highest BCUT2D eigenvalue weighted by Crippen LogP contribution is 2.19. The molecule has 0 aliphatic carbocycles. The first-order valence-corrected chi connectivity index (χ1v) is 6.96. The molecule has 0 unspecified atom stereocenters. The van der Waals surface area contributed by atoms with Crippen LogP contribution in [0.5, 0.6) is 0 Å². The molecule has 2 rings (SSSR count). The van der Waals surface area contributed by atoms with Crippen LogP contribution in [0.15, 0.2) is 6.20 Å². The van der Waals surface area contributed by atoms with Gasteiger partial charge in [0.15, 0.2) is 0 Å². The van der Waals surface area contributed by atoms with Gasteiger partial charge in [0.05, 0.1) is 30.5 Å². The Kier molecular flexibility index (Phi) is 4.68. The van der Waals surface area contributed by atoms with Crippen LogP contribution in [-0.4, -0.2) is 53.3 Å². The number of hydrogen-bond acceptors (Lipinski definition) is 5. The number of aliphatic hydroxyl groups excluding tert-OH is 1. The summed E-state index contributed by atoms with van der Waals surface area (Å²) in [6.45, 7) is 3.76. The Balaban J connectivity index is 1.84. The van der Waals surface area contributed by atoms with Crippen LogP contribution in [0.2, 0.25) is 0 Å². The number of ether oxygens (including phenoxy) is 1. The minimum absolute atomic E-state index is 0.0548. The average molecular weight is 270 g/mol. The molecule has 100 valence electrons. The molecule has 0 saturated carbocycles. The van der Waals surface area contributed by atoms with Gasteiger partial charge >= 0.3 is 0 Å². The number of nitrogens with zero attached hydrogens (tertiary/aromatic N) is 2. The van der Waals surface area contributed by atoms with Gasteiger partial charge in [0.25, 0.3) is 5.91 Å². The van der Waals surface area contributed by atoms with Crippen LogP contribution in [0.1, 0.15) is 27.5 Å². The van der Waals surface area contributed by atoms with Gasteiger partial charge in [0.2, 0.25) is 0 Å². The van der Waals surface area contributed by atoms with Crippen molar-refractivity contribution in [1.29, 1.82) is 0 Å². The topological polar surface area (TPSA) is 62.7 Å². The lowest BCUT2D eigenvalue weighted by atomic mass is 10.1. The van der Waals surface area contributed by atoms with Crippen molar-refractivity contribution >= 4 is 17.2 Å². The highest BCUT2D eigenvalue weighted by Gasteiger charge is 2.24. The molecule has 0 atom stereocenters. The van der Waals surface area contributed by atoms with Crippen LogP contribution in [0.4, 0.5) is 0 Å². The second-order valence-corrected chi connectivity index (χ2v) is 5.56. The lowest BCUT2D eigenvalue weighted by Crippen LogP contribution is -2.40. The number of carbonyl (C=O) groups excluding carboxylic acids is 1. The van der Waals surface area contributed by atoms with E-state index in [1.54, 1.807) is 6.20 Å². The summed E-state index contributed by atoms with van der Waals surface area (Å²) in [5.41, 5.74) is 0. The van der Waals surface area contributed by atoms with Gasteiger partial charge in [-0.05, 0) is 19.8 Å². The van der Waals surface area contributed by atoms with Crippen molar-refractivity contribution in [2.75, 3.05) is 26.3 Å². The van der Waals surface area contributed by atoms with E-state index in [0.29, 0.717) is 24.6 Å². The monoisotopic (exact) mass is 270 g/mol. The minimum atomic E-state index is 0.0548. The van der Waals surface area contributed by atoms with Crippen molar-refractivity contribution in [3.05, 3.63) is 16.1 Å². The highest BCUT2D eigenvalue weighted by atomic mass is 32.1. The Bertz CT molecular complexity index is 400. The second kappa shape index (κ2) is 6.26. The first kappa shape index (κ1) is 13.5. The summed E-state index contributed by atoms with van der Waals surface area (Å²) in [6.07, 6.45) is 3.49. The fourth-order valence-electron chi connectivity index (χ4n) is 2.06. The van der Waals surface area contributed by atoms with E-state index < -0.39 is 0 Å². The Morgan fingerprint density at radius 3 is 2.89 bits per heavy atom. The van der Waals surface area contributed by atoms with Crippen LogP contribution in [0.3, 0.4) is 0 Å². The number of likely N-dealkylation sites (tertiary alicyclic amines) is 1. The zero-order valence-corrected chi connectivity index (χ0v) is 11.3. The predicted molar refractivity (Wildman–Crippen MR) is 68.8 cm³/mol. The number of aryl methyl sites for hydroxylation is 1. The van der Waals surface area contributed by atoms with E-state index in [9.17, 15) is 4.79 Å². The van der Waals surface area contributed by atoms with Crippen LogP contribution < -0.4 is 0 Å². The third-order valence-corrected chi connectivity index (χ3v) is 3.91. The molecule has 0 aromatic carbocycles. The van der Waals surface area contributed by atoms with Gasteiger partial charge in [0, 0.05) is 13.1 Å². The molecule has 1 aromatic rings. The number of rotatable bonds is 4. The zero-order chi connectivity index (χ0) is 13.0. The van der Waals surface area contributed by atoms with Crippen molar-refractivity contribution in [2.45, 2.75) is 25.9 Å². The summed E-state index contributed by atoms with van der Waals surface area (Å²) < 4.78 is 5.47. The van der Waals surface area contributed by atoms with E-state index in [4.69, 9.17) is 9.84 Å². The zero-order valence-electron chi connectivity index (χ0n) is 10.5. The molecule has 5 nitrogen and oxygen atoms in total. The van der Waals surface area contributed by atoms with Gasteiger partial charge in [-0.1, -0.05) is 0 Å². The van der Waals surface area contributed by atoms with E-state index in [2.05, 4.69) is 4.98 Å². The fourth-order valence-corrected chi connectivity index (χ4v) is 2.81. The van der Waals surface area contributed by atoms with Gasteiger partial charge < -0.3 is 14.7 Å². The minimum Gasteiger partial charge on any atom is -0.394 e. The van der Waals surface area contributed by atoms with Crippen LogP contribution >= 0.6 is 11.3 Å². The SMILES string of the molecule is Cc1ncc(C(=O)N2CCC(OCCO)CC2)s1. The molecule has 0 radical (unpaired) electrons. The summed E-state index contributed by atoms with van der Waals surface area (Å²) in [6, 6.07) is 0. The Labute approximate surface area is 110 Å². The number of thiazole rings is 1. The summed E-state index contributed by atoms with van der Waals surface area (Å²) in [5.74, 6) is 0.0706. The van der Waals surface area contributed by atoms with E-state index in [-0.39, 0.29) is 18.6 Å². The van der Waals surface area contributed by atoms with Crippen LogP contribution in [0.25, 0.3) is 0 Å². The number of aromatic nitrogens is 1. The molecular formula is C12H18N2O3S. The number of piperidine rings is 1. The van der Waals surface area contributed by atoms with Gasteiger partial charge in [-0.3, -0.25) is 4.79 Å². The molecule has 1 aromatic heterocycles. The first-order valence-electron chi connectivity index (χ1n) is 6.15. The Hall–Kier alpha value is -0.980. The third kappa shape index (κ3) is 3.28. The standard InChI is InChI=1S/C12H18N2O3S/c1-9-13-8-11(18-9)12(16)14-4-2-10(3-5-14)17-7-6-15/h8,10,15H,2-7H2,1H3. The maximum atomic E-state index is 12.1. The molecular weight excluding hydrogens is 252 g/mol. The quantitative estimate of drug-likeness (QED) is 0.889. The summed E-state index contributed by atoms with van der Waals surface area (Å²) in [4.78, 5) is 18.8. The molecule has 18 heavy (non-hydrogen) atoms. The maximum Gasteiger partial charge on any atom is 0.265 e. The van der Waals surface area contributed by atoms with Gasteiger partial charge in [-0.2, -0.15) is 0 Å². The van der Waals surface area contributed by atoms with Crippen molar-refractivity contribution in [2.24, 2.45) is 0 Å². The molecule has 6 heteroatoms. The second-order valence-electron chi connectivity index (χ2n) is 4.33. The van der Waals surface area contributed by atoms with Crippen molar-refractivity contribution in [1.82, 2.24) is 9.88 Å². The molecule has 2 heterocycles. The van der Waals surface area contributed by atoms with E-state index in [1.807, 2.05) is 11.8 Å². The summed E-state index contributed by atoms with van der Waals surface area (Å²) in [7, 11) is 0. The molecule has 1 amide bonds. The first-order chi connectivity index (χ1) is 8.70. The Morgan fingerprint density at radius 2 is 2.33 bits per heavy atom. The summed E-state index contributed by atoms with van der Waals surface area (Å²) >= 11 is 1.44. The molecule has 1 aliphatic rings. The largest absolute Gasteiger partial charge is 0.394 e. The lowest BCUT2D eigenvalue weighted by Gasteiger charge is -2.31. The molecule has 1 fully saturated rings. The van der Waals surface area contributed by atoms with Crippen molar-refractivity contribution < 1.29 is 14.6 Å². The third-order valence-electron chi connectivity index (χ3n) is 3.01. The van der Waals surface area contributed by atoms with E-state index >= 15 is 0 Å². The number of aliphatic hydroxyl groups is 1. The van der Waals surface area contributed by atoms with E-state index in [1.165, 1.54) is 11.3 Å². The lowest BCUT2D eigenvalue weighted by molar-refractivity contribution is -0.00545. The predicted octanol–water partition coefficient (Wildman–Crippen LogP) is 1.07. The highest BCUT2D eigenvalue weighted by molar-refractivity contribution is 7.13. The van der Waals surface area contributed by atoms with Crippen molar-refractivity contribution in [3.8, 4) is 0 Å². The van der Waals surface area contributed by atoms with Gasteiger partial charge in [-0.15, -0.1) is 11.3 Å². The van der Waals surface area contributed by atoms with Gasteiger partial charge in [0.1, 0.15) is 4.88 Å². The number of carbonyl (C=O) groups is 1. The molecule has 1 N–H and O–H groups in total. The van der Waals surface area contributed by atoms with Crippen LogP contribution in [-0.2, 0) is 4.74 Å². The van der Waals surface area contributed by atoms with E-state index in [0.717, 1.165) is 17.8 Å². The number of amides is 1. The molecule has 0 bridgehead atoms. The van der Waals surface area contributed by atoms with Crippen molar-refractivity contribution in [3.63, 3.8) is 0 Å². The normalized spacial score (nSPS) is 17.1. The molecule has 1 aliphatic heterocycles. The van der Waals surface area contributed by atoms with Crippen LogP contribution in [0, 0.1) is 6.92 Å². The molecule has 1 saturated heterocycles. The number of hydrogen-bond donors (Lipinski definition) is 1. The average Bonchev–Trinajstić information content (AvgIpc) is 2.83. The smallest absolute Gasteiger partial charge is 0.265 e. The molecule has 0 spiro atoms. The fraction of sp³-hybridized carbons (Fsp3) is 0.667.